The minimum Gasteiger partial charge on any atom is -0.507 e. The summed E-state index contributed by atoms with van der Waals surface area (Å²) < 4.78 is 2.27. The molecule has 2 aromatic heterocycles. The van der Waals surface area contributed by atoms with E-state index in [1.807, 2.05) is 6.20 Å². The summed E-state index contributed by atoms with van der Waals surface area (Å²) in [5.41, 5.74) is 16.8. The maximum Gasteiger partial charge on any atom is 0.148 e. The molecule has 0 bridgehead atoms. The number of aromatic hydroxyl groups is 1. The van der Waals surface area contributed by atoms with Gasteiger partial charge in [-0.05, 0) is 96.4 Å². The third-order valence-electron chi connectivity index (χ3n) is 13.0. The summed E-state index contributed by atoms with van der Waals surface area (Å²) in [6.45, 7) is 33.6. The van der Waals surface area contributed by atoms with Crippen molar-refractivity contribution in [2.75, 3.05) is 0 Å². The number of phenols is 1. The van der Waals surface area contributed by atoms with Gasteiger partial charge in [-0.25, -0.2) is 4.98 Å². The monoisotopic (exact) mass is 1070 g/mol. The number of pyridine rings is 1. The zero-order valence-electron chi connectivity index (χ0n) is 42.3. The zero-order valence-corrected chi connectivity index (χ0v) is 44.6. The molecule has 0 atom stereocenters. The van der Waals surface area contributed by atoms with Crippen LogP contribution in [0, 0.1) is 6.07 Å². The van der Waals surface area contributed by atoms with Gasteiger partial charge in [-0.1, -0.05) is 200 Å². The van der Waals surface area contributed by atoms with Crippen LogP contribution in [0.1, 0.15) is 132 Å². The van der Waals surface area contributed by atoms with Gasteiger partial charge >= 0.3 is 0 Å². The van der Waals surface area contributed by atoms with Crippen molar-refractivity contribution < 1.29 is 26.2 Å². The van der Waals surface area contributed by atoms with Gasteiger partial charge in [-0.2, -0.15) is 0 Å². The topological polar surface area (TPSA) is 50.9 Å². The van der Waals surface area contributed by atoms with Crippen LogP contribution in [-0.2, 0) is 48.1 Å². The number of hydrogen-bond acceptors (Lipinski definition) is 3. The van der Waals surface area contributed by atoms with E-state index in [1.165, 1.54) is 27.8 Å². The van der Waals surface area contributed by atoms with Gasteiger partial charge in [0, 0.05) is 44.2 Å². The number of rotatable bonds is 6. The molecule has 5 heteroatoms. The molecule has 1 N–H and O–H groups in total. The Kier molecular flexibility index (Phi) is 13.1. The normalized spacial score (nSPS) is 12.6. The van der Waals surface area contributed by atoms with E-state index in [0.717, 1.165) is 61.4 Å². The van der Waals surface area contributed by atoms with Crippen molar-refractivity contribution in [3.8, 4) is 67.5 Å². The molecule has 0 aliphatic carbocycles. The van der Waals surface area contributed by atoms with Crippen LogP contribution in [0.2, 0.25) is 0 Å². The molecule has 0 saturated carbocycles. The Hall–Kier alpha value is -5.57. The predicted molar refractivity (Wildman–Crippen MR) is 280 cm³/mol. The van der Waals surface area contributed by atoms with Crippen LogP contribution in [-0.4, -0.2) is 19.6 Å². The number of imidazole rings is 1. The molecular formula is C62H68N3OPt-. The van der Waals surface area contributed by atoms with Crippen LogP contribution in [0.5, 0.6) is 5.75 Å². The van der Waals surface area contributed by atoms with Gasteiger partial charge in [0.15, 0.2) is 0 Å². The summed E-state index contributed by atoms with van der Waals surface area (Å²) in [4.78, 5) is 10.6. The minimum atomic E-state index is -0.321. The molecule has 0 amide bonds. The smallest absolute Gasteiger partial charge is 0.148 e. The molecular weight excluding hydrogens is 998 g/mol. The minimum absolute atomic E-state index is 0. The Labute approximate surface area is 415 Å². The molecule has 0 unspecified atom stereocenters. The quantitative estimate of drug-likeness (QED) is 0.169. The third-order valence-corrected chi connectivity index (χ3v) is 13.0. The molecule has 8 aromatic rings. The van der Waals surface area contributed by atoms with Gasteiger partial charge in [0.25, 0.3) is 0 Å². The molecule has 8 rings (SSSR count). The molecule has 0 aliphatic rings. The first-order valence-electron chi connectivity index (χ1n) is 23.5. The van der Waals surface area contributed by atoms with Gasteiger partial charge in [-0.3, -0.25) is 9.55 Å². The Morgan fingerprint density at radius 1 is 0.463 bits per heavy atom. The van der Waals surface area contributed by atoms with Gasteiger partial charge in [0.05, 0.1) is 16.6 Å². The average Bonchev–Trinajstić information content (AvgIpc) is 3.64. The number of benzene rings is 6. The fourth-order valence-corrected chi connectivity index (χ4v) is 8.94. The summed E-state index contributed by atoms with van der Waals surface area (Å²) in [5, 5.41) is 12.5. The van der Waals surface area contributed by atoms with Gasteiger partial charge in [0.1, 0.15) is 11.6 Å². The number of fused-ring (bicyclic) bond motifs is 1. The van der Waals surface area contributed by atoms with Gasteiger partial charge < -0.3 is 5.11 Å². The third kappa shape index (κ3) is 10.0. The van der Waals surface area contributed by atoms with E-state index < -0.39 is 0 Å². The molecule has 0 spiro atoms. The van der Waals surface area contributed by atoms with E-state index in [2.05, 4.69) is 242 Å². The van der Waals surface area contributed by atoms with Gasteiger partial charge in [0.2, 0.25) is 0 Å². The van der Waals surface area contributed by atoms with E-state index in [9.17, 15) is 5.11 Å². The summed E-state index contributed by atoms with van der Waals surface area (Å²) in [7, 11) is 0. The average molecular weight is 1070 g/mol. The van der Waals surface area contributed by atoms with E-state index in [-0.39, 0.29) is 53.9 Å². The standard InChI is InChI=1S/C62H68N3O.Pt/c1-58(2,3)44-26-24-39(25-27-44)41-30-31-63-53(35-41)43-32-42(33-45(34-43)59(4,5)6)49-22-19-23-54-55(49)64-57(50-36-46(60(7,8)9)37-52(56(50)66)62(13,14)15)65(54)47-28-29-48(40-20-17-16-18-21-40)51(38-47)61(10,11)12;/h16-31,33-38,66H,1-15H3;/q-1;. The van der Waals surface area contributed by atoms with E-state index in [0.29, 0.717) is 11.4 Å². The molecule has 2 heterocycles. The first-order chi connectivity index (χ1) is 30.8. The van der Waals surface area contributed by atoms with Crippen LogP contribution in [0.4, 0.5) is 0 Å². The van der Waals surface area contributed by atoms with Crippen molar-refractivity contribution in [2.24, 2.45) is 0 Å². The Balaban J connectivity index is 0.00000666. The largest absolute Gasteiger partial charge is 0.507 e. The second kappa shape index (κ2) is 17.8. The van der Waals surface area contributed by atoms with Crippen molar-refractivity contribution >= 4 is 11.0 Å². The molecule has 67 heavy (non-hydrogen) atoms. The number of para-hydroxylation sites is 1. The van der Waals surface area contributed by atoms with Crippen LogP contribution in [0.3, 0.4) is 0 Å². The Morgan fingerprint density at radius 2 is 1.07 bits per heavy atom. The van der Waals surface area contributed by atoms with E-state index in [4.69, 9.17) is 9.97 Å². The second-order valence-corrected chi connectivity index (χ2v) is 23.4. The van der Waals surface area contributed by atoms with Crippen molar-refractivity contribution in [1.82, 2.24) is 14.5 Å². The van der Waals surface area contributed by atoms with Crippen molar-refractivity contribution in [3.05, 3.63) is 167 Å². The molecule has 0 aliphatic heterocycles. The van der Waals surface area contributed by atoms with Crippen molar-refractivity contribution in [2.45, 2.75) is 131 Å². The predicted octanol–water partition coefficient (Wildman–Crippen LogP) is 16.7. The maximum atomic E-state index is 12.5. The first-order valence-corrected chi connectivity index (χ1v) is 23.5. The number of aromatic nitrogens is 3. The zero-order chi connectivity index (χ0) is 47.7. The van der Waals surface area contributed by atoms with Crippen LogP contribution < -0.4 is 0 Å². The molecule has 0 fully saturated rings. The summed E-state index contributed by atoms with van der Waals surface area (Å²) in [6.07, 6.45) is 1.91. The first kappa shape index (κ1) is 49.3. The molecule has 348 valence electrons. The maximum absolute atomic E-state index is 12.5. The van der Waals surface area contributed by atoms with Crippen molar-refractivity contribution in [3.63, 3.8) is 0 Å². The van der Waals surface area contributed by atoms with Gasteiger partial charge in [-0.15, -0.1) is 29.3 Å². The SMILES string of the molecule is CC(C)(C)c1ccc(-c2ccnc(-c3[c-]c(-c4cccc5c4nc(-c4cc(C(C)(C)C)cc(C(C)(C)C)c4O)n5-c4ccc(-c5ccccc5)c(C(C)(C)C)c4)cc(C(C)(C)C)c3)c2)cc1.[Pt]. The number of nitrogens with zero attached hydrogens (tertiary/aromatic N) is 3. The summed E-state index contributed by atoms with van der Waals surface area (Å²) in [6, 6.07) is 49.8. The second-order valence-electron chi connectivity index (χ2n) is 23.4. The van der Waals surface area contributed by atoms with Crippen LogP contribution >= 0.6 is 0 Å². The fourth-order valence-electron chi connectivity index (χ4n) is 8.94. The number of phenolic OH excluding ortho intramolecular Hbond substituents is 1. The fraction of sp³-hybridized carbons (Fsp3) is 0.323. The molecule has 0 saturated heterocycles. The Morgan fingerprint density at radius 3 is 1.69 bits per heavy atom. The van der Waals surface area contributed by atoms with Crippen LogP contribution in [0.15, 0.2) is 134 Å². The van der Waals surface area contributed by atoms with E-state index >= 15 is 0 Å². The number of hydrogen-bond donors (Lipinski definition) is 1. The summed E-state index contributed by atoms with van der Waals surface area (Å²) in [5.74, 6) is 0.950. The molecule has 4 nitrogen and oxygen atoms in total. The van der Waals surface area contributed by atoms with Crippen molar-refractivity contribution in [1.29, 1.82) is 0 Å². The Bertz CT molecular complexity index is 3080. The molecule has 0 radical (unpaired) electrons. The van der Waals surface area contributed by atoms with E-state index in [1.54, 1.807) is 0 Å². The molecule has 6 aromatic carbocycles. The van der Waals surface area contributed by atoms with Crippen LogP contribution in [0.25, 0.3) is 72.7 Å². The summed E-state index contributed by atoms with van der Waals surface area (Å²) >= 11 is 0.